The van der Waals surface area contributed by atoms with Crippen molar-refractivity contribution < 1.29 is 14.3 Å². The van der Waals surface area contributed by atoms with Crippen LogP contribution in [0, 0.1) is 0 Å². The lowest BCUT2D eigenvalue weighted by Gasteiger charge is -2.01. The molecular formula is C15H11NO3S. The molecule has 1 N–H and O–H groups in total. The van der Waals surface area contributed by atoms with Gasteiger partial charge in [0.15, 0.2) is 0 Å². The molecule has 3 aromatic rings. The number of carbonyl (C=O) groups is 1. The first-order valence-electron chi connectivity index (χ1n) is 6.02. The van der Waals surface area contributed by atoms with Crippen LogP contribution >= 0.6 is 11.8 Å². The predicted molar refractivity (Wildman–Crippen MR) is 77.0 cm³/mol. The minimum Gasteiger partial charge on any atom is -0.475 e. The number of pyridine rings is 1. The van der Waals surface area contributed by atoms with Crippen molar-refractivity contribution in [2.24, 2.45) is 0 Å². The van der Waals surface area contributed by atoms with E-state index >= 15 is 0 Å². The summed E-state index contributed by atoms with van der Waals surface area (Å²) in [5.74, 6) is -0.305. The number of fused-ring (bicyclic) bond motifs is 1. The van der Waals surface area contributed by atoms with E-state index in [9.17, 15) is 4.79 Å². The molecule has 5 heteroatoms. The molecule has 2 aromatic heterocycles. The fourth-order valence-corrected chi connectivity index (χ4v) is 2.68. The van der Waals surface area contributed by atoms with Crippen molar-refractivity contribution in [3.63, 3.8) is 0 Å². The summed E-state index contributed by atoms with van der Waals surface area (Å²) >= 11 is 1.64. The van der Waals surface area contributed by atoms with Crippen molar-refractivity contribution in [3.8, 4) is 0 Å². The SMILES string of the molecule is O=C(O)c1cc2cc(CSc3ccccn3)ccc2o1. The Morgan fingerprint density at radius 3 is 2.90 bits per heavy atom. The summed E-state index contributed by atoms with van der Waals surface area (Å²) in [7, 11) is 0. The molecule has 0 atom stereocenters. The molecule has 0 bridgehead atoms. The first kappa shape index (κ1) is 12.7. The highest BCUT2D eigenvalue weighted by Crippen LogP contribution is 2.25. The lowest BCUT2D eigenvalue weighted by atomic mass is 10.2. The van der Waals surface area contributed by atoms with E-state index in [0.29, 0.717) is 5.58 Å². The molecule has 100 valence electrons. The molecule has 0 aliphatic rings. The van der Waals surface area contributed by atoms with Gasteiger partial charge >= 0.3 is 5.97 Å². The summed E-state index contributed by atoms with van der Waals surface area (Å²) in [6.45, 7) is 0. The van der Waals surface area contributed by atoms with Crippen LogP contribution in [0.15, 0.2) is 58.1 Å². The molecule has 0 saturated heterocycles. The first-order chi connectivity index (χ1) is 9.72. The molecule has 3 rings (SSSR count). The van der Waals surface area contributed by atoms with Gasteiger partial charge < -0.3 is 9.52 Å². The van der Waals surface area contributed by atoms with Crippen molar-refractivity contribution in [2.75, 3.05) is 0 Å². The van der Waals surface area contributed by atoms with Crippen LogP contribution in [0.2, 0.25) is 0 Å². The number of aromatic nitrogens is 1. The van der Waals surface area contributed by atoms with E-state index in [1.165, 1.54) is 0 Å². The number of carboxylic acid groups (broad SMARTS) is 1. The van der Waals surface area contributed by atoms with E-state index in [4.69, 9.17) is 9.52 Å². The highest BCUT2D eigenvalue weighted by Gasteiger charge is 2.10. The standard InChI is InChI=1S/C15H11NO3S/c17-15(18)13-8-11-7-10(4-5-12(11)19-13)9-20-14-3-1-2-6-16-14/h1-8H,9H2,(H,17,18). The minimum atomic E-state index is -1.05. The average Bonchev–Trinajstić information content (AvgIpc) is 2.89. The summed E-state index contributed by atoms with van der Waals surface area (Å²) in [6.07, 6.45) is 1.76. The zero-order chi connectivity index (χ0) is 13.9. The fourth-order valence-electron chi connectivity index (χ4n) is 1.88. The minimum absolute atomic E-state index is 0.0328. The van der Waals surface area contributed by atoms with Crippen LogP contribution in [-0.4, -0.2) is 16.1 Å². The van der Waals surface area contributed by atoms with E-state index in [1.807, 2.05) is 30.3 Å². The Morgan fingerprint density at radius 1 is 1.25 bits per heavy atom. The van der Waals surface area contributed by atoms with Gasteiger partial charge in [0.05, 0.1) is 5.03 Å². The molecule has 0 unspecified atom stereocenters. The fraction of sp³-hybridized carbons (Fsp3) is 0.0667. The molecular weight excluding hydrogens is 274 g/mol. The maximum Gasteiger partial charge on any atom is 0.371 e. The Morgan fingerprint density at radius 2 is 2.15 bits per heavy atom. The molecule has 1 aromatic carbocycles. The van der Waals surface area contributed by atoms with Crippen molar-refractivity contribution in [2.45, 2.75) is 10.8 Å². The number of carboxylic acids is 1. The maximum absolute atomic E-state index is 10.9. The third kappa shape index (κ3) is 2.67. The summed E-state index contributed by atoms with van der Waals surface area (Å²) in [5.41, 5.74) is 1.69. The molecule has 20 heavy (non-hydrogen) atoms. The number of aromatic carboxylic acids is 1. The molecule has 0 aliphatic carbocycles. The quantitative estimate of drug-likeness (QED) is 0.738. The summed E-state index contributed by atoms with van der Waals surface area (Å²) in [4.78, 5) is 15.1. The van der Waals surface area contributed by atoms with Gasteiger partial charge in [0.2, 0.25) is 5.76 Å². The Kier molecular flexibility index (Phi) is 3.43. The second-order valence-electron chi connectivity index (χ2n) is 4.24. The highest BCUT2D eigenvalue weighted by molar-refractivity contribution is 7.98. The van der Waals surface area contributed by atoms with Crippen LogP contribution in [0.3, 0.4) is 0 Å². The summed E-state index contributed by atoms with van der Waals surface area (Å²) in [6, 6.07) is 13.0. The van der Waals surface area contributed by atoms with Crippen molar-refractivity contribution in [1.29, 1.82) is 0 Å². The van der Waals surface area contributed by atoms with Crippen LogP contribution in [-0.2, 0) is 5.75 Å². The third-order valence-electron chi connectivity index (χ3n) is 2.82. The van der Waals surface area contributed by atoms with E-state index in [2.05, 4.69) is 4.98 Å². The average molecular weight is 285 g/mol. The number of benzene rings is 1. The number of furan rings is 1. The topological polar surface area (TPSA) is 63.3 Å². The van der Waals surface area contributed by atoms with Gasteiger partial charge in [0.25, 0.3) is 0 Å². The van der Waals surface area contributed by atoms with Gasteiger partial charge in [-0.15, -0.1) is 11.8 Å². The van der Waals surface area contributed by atoms with Crippen LogP contribution in [0.1, 0.15) is 16.1 Å². The maximum atomic E-state index is 10.9. The summed E-state index contributed by atoms with van der Waals surface area (Å²) in [5, 5.41) is 10.7. The molecule has 0 radical (unpaired) electrons. The molecule has 0 fully saturated rings. The number of hydrogen-bond donors (Lipinski definition) is 1. The molecule has 4 nitrogen and oxygen atoms in total. The van der Waals surface area contributed by atoms with Crippen molar-refractivity contribution in [3.05, 3.63) is 60.0 Å². The first-order valence-corrected chi connectivity index (χ1v) is 7.00. The Bertz CT molecular complexity index is 752. The van der Waals surface area contributed by atoms with Gasteiger partial charge in [-0.25, -0.2) is 9.78 Å². The second-order valence-corrected chi connectivity index (χ2v) is 5.24. The van der Waals surface area contributed by atoms with Gasteiger partial charge in [0.1, 0.15) is 5.58 Å². The molecule has 0 spiro atoms. The molecule has 0 aliphatic heterocycles. The van der Waals surface area contributed by atoms with Crippen molar-refractivity contribution in [1.82, 2.24) is 4.98 Å². The van der Waals surface area contributed by atoms with Crippen molar-refractivity contribution >= 4 is 28.7 Å². The smallest absolute Gasteiger partial charge is 0.371 e. The third-order valence-corrected chi connectivity index (χ3v) is 3.83. The molecule has 2 heterocycles. The largest absolute Gasteiger partial charge is 0.475 e. The lowest BCUT2D eigenvalue weighted by Crippen LogP contribution is -1.91. The van der Waals surface area contributed by atoms with Gasteiger partial charge in [-0.1, -0.05) is 12.1 Å². The van der Waals surface area contributed by atoms with E-state index in [1.54, 1.807) is 30.1 Å². The summed E-state index contributed by atoms with van der Waals surface area (Å²) < 4.78 is 5.23. The van der Waals surface area contributed by atoms with Crippen LogP contribution in [0.5, 0.6) is 0 Å². The number of nitrogens with zero attached hydrogens (tertiary/aromatic N) is 1. The van der Waals surface area contributed by atoms with E-state index in [-0.39, 0.29) is 5.76 Å². The zero-order valence-electron chi connectivity index (χ0n) is 10.4. The van der Waals surface area contributed by atoms with E-state index < -0.39 is 5.97 Å². The Hall–Kier alpha value is -2.27. The Balaban J connectivity index is 1.80. The van der Waals surface area contributed by atoms with Gasteiger partial charge in [0, 0.05) is 17.3 Å². The lowest BCUT2D eigenvalue weighted by molar-refractivity contribution is 0.0665. The van der Waals surface area contributed by atoms with Gasteiger partial charge in [-0.05, 0) is 35.9 Å². The zero-order valence-corrected chi connectivity index (χ0v) is 11.3. The number of thioether (sulfide) groups is 1. The Labute approximate surface area is 119 Å². The normalized spacial score (nSPS) is 10.8. The number of rotatable bonds is 4. The monoisotopic (exact) mass is 285 g/mol. The molecule has 0 saturated carbocycles. The highest BCUT2D eigenvalue weighted by atomic mass is 32.2. The van der Waals surface area contributed by atoms with Gasteiger partial charge in [-0.2, -0.15) is 0 Å². The van der Waals surface area contributed by atoms with Crippen LogP contribution < -0.4 is 0 Å². The van der Waals surface area contributed by atoms with Gasteiger partial charge in [-0.3, -0.25) is 0 Å². The van der Waals surface area contributed by atoms with Crippen LogP contribution in [0.4, 0.5) is 0 Å². The second kappa shape index (κ2) is 5.38. The van der Waals surface area contributed by atoms with Crippen LogP contribution in [0.25, 0.3) is 11.0 Å². The number of hydrogen-bond acceptors (Lipinski definition) is 4. The predicted octanol–water partition coefficient (Wildman–Crippen LogP) is 3.82. The van der Waals surface area contributed by atoms with E-state index in [0.717, 1.165) is 21.7 Å². The molecule has 0 amide bonds.